The zero-order valence-electron chi connectivity index (χ0n) is 12.7. The molecule has 0 spiro atoms. The molecule has 120 valence electrons. The average Bonchev–Trinajstić information content (AvgIpc) is 3.11. The van der Waals surface area contributed by atoms with Crippen molar-refractivity contribution in [2.45, 2.75) is 19.5 Å². The van der Waals surface area contributed by atoms with Gasteiger partial charge in [0.15, 0.2) is 0 Å². The predicted molar refractivity (Wildman–Crippen MR) is 86.2 cm³/mol. The number of hydrogen-bond donors (Lipinski definition) is 1. The number of carbonyl (C=O) groups excluding carboxylic acids is 2. The molecule has 2 amide bonds. The number of fused-ring (bicyclic) bond motifs is 1. The Morgan fingerprint density at radius 2 is 2.30 bits per heavy atom. The fourth-order valence-corrected chi connectivity index (χ4v) is 3.29. The van der Waals surface area contributed by atoms with Crippen molar-refractivity contribution in [3.63, 3.8) is 0 Å². The molecule has 3 heterocycles. The third-order valence-corrected chi connectivity index (χ3v) is 4.70. The molecule has 0 unspecified atom stereocenters. The summed E-state index contributed by atoms with van der Waals surface area (Å²) in [6, 6.07) is 3.94. The second-order valence-electron chi connectivity index (χ2n) is 5.23. The molecule has 1 aliphatic heterocycles. The predicted octanol–water partition coefficient (Wildman–Crippen LogP) is 2.20. The summed E-state index contributed by atoms with van der Waals surface area (Å²) < 4.78 is 4.75. The minimum absolute atomic E-state index is 0.130. The highest BCUT2D eigenvalue weighted by molar-refractivity contribution is 7.09. The molecule has 2 aromatic rings. The second kappa shape index (κ2) is 6.78. The molecule has 0 aromatic carbocycles. The van der Waals surface area contributed by atoms with Gasteiger partial charge in [-0.05, 0) is 29.0 Å². The van der Waals surface area contributed by atoms with Gasteiger partial charge < -0.3 is 15.0 Å². The Kier molecular flexibility index (Phi) is 4.57. The van der Waals surface area contributed by atoms with Gasteiger partial charge in [0.25, 0.3) is 5.91 Å². The van der Waals surface area contributed by atoms with Crippen LogP contribution in [0, 0.1) is 0 Å². The zero-order chi connectivity index (χ0) is 16.2. The molecule has 7 heteroatoms. The molecule has 0 saturated carbocycles. The van der Waals surface area contributed by atoms with Crippen LogP contribution in [0.3, 0.4) is 0 Å². The number of rotatable bonds is 3. The van der Waals surface area contributed by atoms with Crippen LogP contribution >= 0.6 is 11.3 Å². The van der Waals surface area contributed by atoms with Crippen LogP contribution in [0.5, 0.6) is 0 Å². The van der Waals surface area contributed by atoms with Crippen molar-refractivity contribution in [1.29, 1.82) is 0 Å². The van der Waals surface area contributed by atoms with Crippen molar-refractivity contribution < 1.29 is 14.3 Å². The SMILES string of the molecule is COC(=O)N1CCc2c(cncc2C(=O)NCc2cccs2)C1. The van der Waals surface area contributed by atoms with E-state index in [9.17, 15) is 9.59 Å². The van der Waals surface area contributed by atoms with Crippen LogP contribution in [0.15, 0.2) is 29.9 Å². The lowest BCUT2D eigenvalue weighted by molar-refractivity contribution is 0.0948. The number of amides is 2. The Morgan fingerprint density at radius 1 is 1.43 bits per heavy atom. The number of ether oxygens (including phenoxy) is 1. The number of methoxy groups -OCH3 is 1. The molecule has 0 radical (unpaired) electrons. The largest absolute Gasteiger partial charge is 0.453 e. The van der Waals surface area contributed by atoms with Crippen LogP contribution in [-0.4, -0.2) is 35.5 Å². The van der Waals surface area contributed by atoms with Crippen molar-refractivity contribution in [1.82, 2.24) is 15.2 Å². The molecule has 0 saturated heterocycles. The topological polar surface area (TPSA) is 71.5 Å². The van der Waals surface area contributed by atoms with Gasteiger partial charge >= 0.3 is 6.09 Å². The maximum Gasteiger partial charge on any atom is 0.409 e. The monoisotopic (exact) mass is 331 g/mol. The lowest BCUT2D eigenvalue weighted by atomic mass is 9.97. The van der Waals surface area contributed by atoms with Crippen LogP contribution in [0.25, 0.3) is 0 Å². The molecule has 3 rings (SSSR count). The van der Waals surface area contributed by atoms with E-state index >= 15 is 0 Å². The summed E-state index contributed by atoms with van der Waals surface area (Å²) >= 11 is 1.61. The fourth-order valence-electron chi connectivity index (χ4n) is 2.65. The van der Waals surface area contributed by atoms with Gasteiger partial charge in [0.1, 0.15) is 0 Å². The first-order valence-corrected chi connectivity index (χ1v) is 8.16. The van der Waals surface area contributed by atoms with Crippen molar-refractivity contribution in [2.75, 3.05) is 13.7 Å². The Hall–Kier alpha value is -2.41. The van der Waals surface area contributed by atoms with Gasteiger partial charge in [-0.1, -0.05) is 6.07 Å². The lowest BCUT2D eigenvalue weighted by Crippen LogP contribution is -2.37. The molecule has 6 nitrogen and oxygen atoms in total. The van der Waals surface area contributed by atoms with E-state index in [1.807, 2.05) is 17.5 Å². The molecule has 1 N–H and O–H groups in total. The van der Waals surface area contributed by atoms with E-state index in [0.29, 0.717) is 31.6 Å². The number of pyridine rings is 1. The minimum atomic E-state index is -0.358. The summed E-state index contributed by atoms with van der Waals surface area (Å²) in [7, 11) is 1.37. The van der Waals surface area contributed by atoms with Crippen molar-refractivity contribution in [3.8, 4) is 0 Å². The Morgan fingerprint density at radius 3 is 3.04 bits per heavy atom. The molecular weight excluding hydrogens is 314 g/mol. The number of nitrogens with one attached hydrogen (secondary N) is 1. The summed E-state index contributed by atoms with van der Waals surface area (Å²) in [6.45, 7) is 1.46. The van der Waals surface area contributed by atoms with E-state index < -0.39 is 0 Å². The Balaban J connectivity index is 1.74. The highest BCUT2D eigenvalue weighted by Crippen LogP contribution is 2.22. The standard InChI is InChI=1S/C16H17N3O3S/c1-22-16(21)19-5-4-13-11(10-19)7-17-9-14(13)15(20)18-8-12-3-2-6-23-12/h2-3,6-7,9H,4-5,8,10H2,1H3,(H,18,20). The summed E-state index contributed by atoms with van der Waals surface area (Å²) in [5, 5.41) is 4.90. The average molecular weight is 331 g/mol. The van der Waals surface area contributed by atoms with Crippen molar-refractivity contribution >= 4 is 23.3 Å². The van der Waals surface area contributed by atoms with E-state index in [1.165, 1.54) is 7.11 Å². The van der Waals surface area contributed by atoms with E-state index in [-0.39, 0.29) is 12.0 Å². The Labute approximate surface area is 138 Å². The number of hydrogen-bond acceptors (Lipinski definition) is 5. The first kappa shape index (κ1) is 15.5. The van der Waals surface area contributed by atoms with Gasteiger partial charge in [0, 0.05) is 23.8 Å². The number of aromatic nitrogens is 1. The van der Waals surface area contributed by atoms with Crippen molar-refractivity contribution in [3.05, 3.63) is 51.5 Å². The van der Waals surface area contributed by atoms with Crippen LogP contribution in [-0.2, 0) is 24.2 Å². The maximum absolute atomic E-state index is 12.4. The lowest BCUT2D eigenvalue weighted by Gasteiger charge is -2.28. The third-order valence-electron chi connectivity index (χ3n) is 3.82. The molecule has 0 aliphatic carbocycles. The maximum atomic E-state index is 12.4. The van der Waals surface area contributed by atoms with Gasteiger partial charge in [-0.2, -0.15) is 0 Å². The molecular formula is C16H17N3O3S. The molecule has 23 heavy (non-hydrogen) atoms. The first-order valence-electron chi connectivity index (χ1n) is 7.28. The molecule has 1 aliphatic rings. The van der Waals surface area contributed by atoms with Gasteiger partial charge in [0.05, 0.1) is 25.8 Å². The highest BCUT2D eigenvalue weighted by atomic mass is 32.1. The van der Waals surface area contributed by atoms with Crippen LogP contribution in [0.4, 0.5) is 4.79 Å². The summed E-state index contributed by atoms with van der Waals surface area (Å²) in [5.41, 5.74) is 2.44. The van der Waals surface area contributed by atoms with Gasteiger partial charge in [-0.25, -0.2) is 4.79 Å². The van der Waals surface area contributed by atoms with Gasteiger partial charge in [-0.3, -0.25) is 9.78 Å². The summed E-state index contributed by atoms with van der Waals surface area (Å²) in [5.74, 6) is -0.130. The minimum Gasteiger partial charge on any atom is -0.453 e. The third kappa shape index (κ3) is 3.34. The van der Waals surface area contributed by atoms with Crippen LogP contribution in [0.1, 0.15) is 26.4 Å². The van der Waals surface area contributed by atoms with Crippen LogP contribution < -0.4 is 5.32 Å². The van der Waals surface area contributed by atoms with E-state index in [0.717, 1.165) is 16.0 Å². The molecule has 2 aromatic heterocycles. The zero-order valence-corrected chi connectivity index (χ0v) is 13.6. The van der Waals surface area contributed by atoms with Crippen LogP contribution in [0.2, 0.25) is 0 Å². The number of nitrogens with zero attached hydrogens (tertiary/aromatic N) is 2. The second-order valence-corrected chi connectivity index (χ2v) is 6.26. The molecule has 0 fully saturated rings. The van der Waals surface area contributed by atoms with E-state index in [2.05, 4.69) is 10.3 Å². The normalized spacial score (nSPS) is 13.3. The highest BCUT2D eigenvalue weighted by Gasteiger charge is 2.25. The molecule has 0 bridgehead atoms. The summed E-state index contributed by atoms with van der Waals surface area (Å²) in [6.07, 6.45) is 3.56. The van der Waals surface area contributed by atoms with Gasteiger partial charge in [0.2, 0.25) is 0 Å². The van der Waals surface area contributed by atoms with Gasteiger partial charge in [-0.15, -0.1) is 11.3 Å². The Bertz CT molecular complexity index is 715. The fraction of sp³-hybridized carbons (Fsp3) is 0.312. The smallest absolute Gasteiger partial charge is 0.409 e. The number of thiophene rings is 1. The quantitative estimate of drug-likeness (QED) is 0.936. The summed E-state index contributed by atoms with van der Waals surface area (Å²) in [4.78, 5) is 30.9. The first-order chi connectivity index (χ1) is 11.2. The molecule has 0 atom stereocenters. The number of carbonyl (C=O) groups is 2. The van der Waals surface area contributed by atoms with Crippen molar-refractivity contribution in [2.24, 2.45) is 0 Å². The van der Waals surface area contributed by atoms with E-state index in [1.54, 1.807) is 28.6 Å². The van der Waals surface area contributed by atoms with E-state index in [4.69, 9.17) is 4.74 Å².